The highest BCUT2D eigenvalue weighted by atomic mass is 16.5. The van der Waals surface area contributed by atoms with E-state index in [-0.39, 0.29) is 0 Å². The SMILES string of the molecule is CCC1CCCC(OCCOc2cccc(B(O)O)c2)C1. The maximum absolute atomic E-state index is 9.11. The molecule has 21 heavy (non-hydrogen) atoms. The van der Waals surface area contributed by atoms with Gasteiger partial charge in [-0.1, -0.05) is 38.3 Å². The number of ether oxygens (including phenoxy) is 2. The summed E-state index contributed by atoms with van der Waals surface area (Å²) in [6.07, 6.45) is 6.54. The molecule has 0 amide bonds. The minimum absolute atomic E-state index is 0.373. The third kappa shape index (κ3) is 5.34. The van der Waals surface area contributed by atoms with Gasteiger partial charge in [0.2, 0.25) is 0 Å². The molecular formula is C16H25BO4. The molecule has 116 valence electrons. The van der Waals surface area contributed by atoms with Gasteiger partial charge >= 0.3 is 7.12 Å². The second-order valence-corrected chi connectivity index (χ2v) is 5.73. The summed E-state index contributed by atoms with van der Waals surface area (Å²) in [6, 6.07) is 6.84. The summed E-state index contributed by atoms with van der Waals surface area (Å²) >= 11 is 0. The molecule has 0 aliphatic heterocycles. The average Bonchev–Trinajstić information content (AvgIpc) is 2.52. The third-order valence-electron chi connectivity index (χ3n) is 4.17. The van der Waals surface area contributed by atoms with Crippen molar-refractivity contribution < 1.29 is 19.5 Å². The first kappa shape index (κ1) is 16.3. The van der Waals surface area contributed by atoms with Crippen molar-refractivity contribution in [2.24, 2.45) is 5.92 Å². The molecule has 1 saturated carbocycles. The fraction of sp³-hybridized carbons (Fsp3) is 0.625. The van der Waals surface area contributed by atoms with Crippen LogP contribution in [0.25, 0.3) is 0 Å². The highest BCUT2D eigenvalue weighted by Crippen LogP contribution is 2.28. The molecule has 1 aromatic carbocycles. The van der Waals surface area contributed by atoms with E-state index in [0.717, 1.165) is 12.3 Å². The Kier molecular flexibility index (Phi) is 6.55. The predicted molar refractivity (Wildman–Crippen MR) is 83.8 cm³/mol. The topological polar surface area (TPSA) is 58.9 Å². The monoisotopic (exact) mass is 292 g/mol. The molecule has 0 saturated heterocycles. The Morgan fingerprint density at radius 3 is 2.86 bits per heavy atom. The van der Waals surface area contributed by atoms with Gasteiger partial charge in [0, 0.05) is 0 Å². The van der Waals surface area contributed by atoms with Crippen molar-refractivity contribution in [1.29, 1.82) is 0 Å². The smallest absolute Gasteiger partial charge is 0.488 e. The maximum atomic E-state index is 9.11. The number of hydrogen-bond donors (Lipinski definition) is 2. The van der Waals surface area contributed by atoms with Crippen LogP contribution in [0.2, 0.25) is 0 Å². The van der Waals surface area contributed by atoms with Crippen molar-refractivity contribution in [3.63, 3.8) is 0 Å². The maximum Gasteiger partial charge on any atom is 0.488 e. The standard InChI is InChI=1S/C16H25BO4/c1-2-13-5-3-7-15(11-13)20-9-10-21-16-8-4-6-14(12-16)17(18)19/h4,6,8,12-13,15,18-19H,2-3,5,7,9-11H2,1H3. The highest BCUT2D eigenvalue weighted by Gasteiger charge is 2.21. The van der Waals surface area contributed by atoms with Gasteiger partial charge in [-0.05, 0) is 36.4 Å². The van der Waals surface area contributed by atoms with Crippen LogP contribution in [0.3, 0.4) is 0 Å². The molecule has 1 fully saturated rings. The Balaban J connectivity index is 1.68. The van der Waals surface area contributed by atoms with Crippen molar-refractivity contribution >= 4 is 12.6 Å². The average molecular weight is 292 g/mol. The molecule has 0 bridgehead atoms. The Morgan fingerprint density at radius 2 is 2.10 bits per heavy atom. The lowest BCUT2D eigenvalue weighted by Crippen LogP contribution is -2.29. The van der Waals surface area contributed by atoms with E-state index < -0.39 is 7.12 Å². The Bertz CT molecular complexity index is 424. The highest BCUT2D eigenvalue weighted by molar-refractivity contribution is 6.58. The van der Waals surface area contributed by atoms with Crippen LogP contribution in [0.4, 0.5) is 0 Å². The van der Waals surface area contributed by atoms with Crippen molar-refractivity contribution in [2.75, 3.05) is 13.2 Å². The summed E-state index contributed by atoms with van der Waals surface area (Å²) in [4.78, 5) is 0. The fourth-order valence-electron chi connectivity index (χ4n) is 2.90. The number of hydrogen-bond acceptors (Lipinski definition) is 4. The summed E-state index contributed by atoms with van der Waals surface area (Å²) in [6.45, 7) is 3.31. The van der Waals surface area contributed by atoms with E-state index >= 15 is 0 Å². The Morgan fingerprint density at radius 1 is 1.24 bits per heavy atom. The molecule has 4 nitrogen and oxygen atoms in total. The van der Waals surface area contributed by atoms with Gasteiger partial charge in [0.1, 0.15) is 12.4 Å². The molecule has 0 aromatic heterocycles. The van der Waals surface area contributed by atoms with Gasteiger partial charge in [-0.3, -0.25) is 0 Å². The van der Waals surface area contributed by atoms with E-state index in [2.05, 4.69) is 6.92 Å². The van der Waals surface area contributed by atoms with E-state index in [0.29, 0.717) is 30.5 Å². The first-order chi connectivity index (χ1) is 10.2. The van der Waals surface area contributed by atoms with Crippen LogP contribution < -0.4 is 10.2 Å². The van der Waals surface area contributed by atoms with Crippen LogP contribution in [0, 0.1) is 5.92 Å². The van der Waals surface area contributed by atoms with Crippen LogP contribution in [0.1, 0.15) is 39.0 Å². The molecule has 2 unspecified atom stereocenters. The molecule has 1 aliphatic rings. The second-order valence-electron chi connectivity index (χ2n) is 5.73. The molecule has 1 aliphatic carbocycles. The minimum Gasteiger partial charge on any atom is -0.491 e. The van der Waals surface area contributed by atoms with Gasteiger partial charge in [-0.15, -0.1) is 0 Å². The normalized spacial score (nSPS) is 22.0. The quantitative estimate of drug-likeness (QED) is 0.593. The van der Waals surface area contributed by atoms with Crippen molar-refractivity contribution in [1.82, 2.24) is 0 Å². The fourth-order valence-corrected chi connectivity index (χ4v) is 2.90. The van der Waals surface area contributed by atoms with Crippen LogP contribution in [-0.4, -0.2) is 36.5 Å². The second kappa shape index (κ2) is 8.42. The lowest BCUT2D eigenvalue weighted by atomic mass is 9.80. The summed E-state index contributed by atoms with van der Waals surface area (Å²) in [5, 5.41) is 18.2. The van der Waals surface area contributed by atoms with Crippen LogP contribution in [0.5, 0.6) is 5.75 Å². The van der Waals surface area contributed by atoms with Crippen molar-refractivity contribution in [2.45, 2.75) is 45.1 Å². The molecule has 0 radical (unpaired) electrons. The Hall–Kier alpha value is -1.04. The van der Waals surface area contributed by atoms with E-state index in [1.807, 2.05) is 0 Å². The number of rotatable bonds is 7. The molecule has 5 heteroatoms. The zero-order valence-corrected chi connectivity index (χ0v) is 12.7. The first-order valence-corrected chi connectivity index (χ1v) is 7.89. The lowest BCUT2D eigenvalue weighted by molar-refractivity contribution is -0.000651. The summed E-state index contributed by atoms with van der Waals surface area (Å²) < 4.78 is 11.5. The first-order valence-electron chi connectivity index (χ1n) is 7.89. The van der Waals surface area contributed by atoms with Crippen molar-refractivity contribution in [3.8, 4) is 5.75 Å². The van der Waals surface area contributed by atoms with Gasteiger partial charge < -0.3 is 19.5 Å². The zero-order chi connectivity index (χ0) is 15.1. The summed E-state index contributed by atoms with van der Waals surface area (Å²) in [7, 11) is -1.46. The van der Waals surface area contributed by atoms with E-state index in [1.54, 1.807) is 24.3 Å². The van der Waals surface area contributed by atoms with E-state index in [1.165, 1.54) is 25.7 Å². The van der Waals surface area contributed by atoms with Crippen LogP contribution in [-0.2, 0) is 4.74 Å². The number of benzene rings is 1. The summed E-state index contributed by atoms with van der Waals surface area (Å²) in [5.74, 6) is 1.45. The molecule has 1 aromatic rings. The van der Waals surface area contributed by atoms with Gasteiger partial charge in [0.05, 0.1) is 12.7 Å². The van der Waals surface area contributed by atoms with Gasteiger partial charge in [-0.2, -0.15) is 0 Å². The molecule has 0 heterocycles. The minimum atomic E-state index is -1.46. The zero-order valence-electron chi connectivity index (χ0n) is 12.7. The van der Waals surface area contributed by atoms with Gasteiger partial charge in [0.25, 0.3) is 0 Å². The predicted octanol–water partition coefficient (Wildman–Crippen LogP) is 1.73. The largest absolute Gasteiger partial charge is 0.491 e. The molecular weight excluding hydrogens is 267 g/mol. The Labute approximate surface area is 127 Å². The molecule has 2 rings (SSSR count). The van der Waals surface area contributed by atoms with Crippen LogP contribution in [0.15, 0.2) is 24.3 Å². The molecule has 2 N–H and O–H groups in total. The van der Waals surface area contributed by atoms with Crippen LogP contribution >= 0.6 is 0 Å². The van der Waals surface area contributed by atoms with Gasteiger partial charge in [-0.25, -0.2) is 0 Å². The lowest BCUT2D eigenvalue weighted by Gasteiger charge is -2.28. The van der Waals surface area contributed by atoms with E-state index in [4.69, 9.17) is 19.5 Å². The molecule has 0 spiro atoms. The van der Waals surface area contributed by atoms with Gasteiger partial charge in [0.15, 0.2) is 0 Å². The third-order valence-corrected chi connectivity index (χ3v) is 4.17. The van der Waals surface area contributed by atoms with Crippen molar-refractivity contribution in [3.05, 3.63) is 24.3 Å². The molecule has 2 atom stereocenters. The van der Waals surface area contributed by atoms with E-state index in [9.17, 15) is 0 Å². The summed E-state index contributed by atoms with van der Waals surface area (Å²) in [5.41, 5.74) is 0.437.